The number of Topliss-reactive ketones (excluding diaryl/α,β-unsaturated/α-hetero) is 1. The van der Waals surface area contributed by atoms with E-state index < -0.39 is 17.7 Å². The van der Waals surface area contributed by atoms with Gasteiger partial charge in [0.05, 0.1) is 32.4 Å². The van der Waals surface area contributed by atoms with E-state index in [0.29, 0.717) is 40.7 Å². The van der Waals surface area contributed by atoms with E-state index in [1.807, 2.05) is 32.9 Å². The molecule has 1 heterocycles. The third-order valence-corrected chi connectivity index (χ3v) is 6.45. The molecule has 0 aromatic heterocycles. The van der Waals surface area contributed by atoms with Gasteiger partial charge in [-0.15, -0.1) is 0 Å². The predicted molar refractivity (Wildman–Crippen MR) is 138 cm³/mol. The quantitative estimate of drug-likeness (QED) is 0.275. The highest BCUT2D eigenvalue weighted by molar-refractivity contribution is 6.51. The van der Waals surface area contributed by atoms with Crippen LogP contribution in [0.25, 0.3) is 5.76 Å². The van der Waals surface area contributed by atoms with Crippen molar-refractivity contribution in [2.24, 2.45) is 0 Å². The molecule has 0 saturated carbocycles. The fourth-order valence-corrected chi connectivity index (χ4v) is 4.43. The van der Waals surface area contributed by atoms with Gasteiger partial charge in [0.15, 0.2) is 11.5 Å². The number of hydrogen-bond donors (Lipinski definition) is 1. The van der Waals surface area contributed by atoms with E-state index in [0.717, 1.165) is 11.1 Å². The highest BCUT2D eigenvalue weighted by Gasteiger charge is 2.47. The maximum atomic E-state index is 13.5. The maximum absolute atomic E-state index is 13.5. The van der Waals surface area contributed by atoms with Gasteiger partial charge in [0.2, 0.25) is 0 Å². The number of carbonyl (C=O) groups excluding carboxylic acids is 2. The number of nitrogens with zero attached hydrogens (tertiary/aromatic N) is 1. The zero-order valence-electron chi connectivity index (χ0n) is 21.0. The number of ether oxygens (including phenoxy) is 3. The van der Waals surface area contributed by atoms with Crippen LogP contribution in [0.1, 0.15) is 35.2 Å². The molecule has 1 N–H and O–H groups in total. The summed E-state index contributed by atoms with van der Waals surface area (Å²) in [5.41, 5.74) is 3.46. The molecule has 1 fully saturated rings. The molecule has 0 aliphatic carbocycles. The molecule has 0 bridgehead atoms. The second-order valence-corrected chi connectivity index (χ2v) is 8.46. The highest BCUT2D eigenvalue weighted by atomic mass is 16.5. The lowest BCUT2D eigenvalue weighted by Gasteiger charge is -2.28. The van der Waals surface area contributed by atoms with Crippen LogP contribution >= 0.6 is 0 Å². The number of methoxy groups -OCH3 is 2. The number of aliphatic hydroxyl groups excluding tert-OH is 1. The van der Waals surface area contributed by atoms with Crippen LogP contribution < -0.4 is 19.1 Å². The monoisotopic (exact) mass is 487 g/mol. The Morgan fingerprint density at radius 3 is 2.31 bits per heavy atom. The minimum atomic E-state index is -0.877. The molecule has 1 amide bonds. The Labute approximate surface area is 210 Å². The Morgan fingerprint density at radius 1 is 0.944 bits per heavy atom. The Kier molecular flexibility index (Phi) is 7.01. The second kappa shape index (κ2) is 10.2. The van der Waals surface area contributed by atoms with E-state index >= 15 is 0 Å². The third kappa shape index (κ3) is 4.28. The molecule has 7 nitrogen and oxygen atoms in total. The molecule has 3 aromatic rings. The standard InChI is InChI=1S/C29H29NO6/c1-6-36-24-16-20(12-15-23(24)35-5)26-25(27(31)19-10-13-21(34-4)14-11-19)28(32)29(33)30(26)22-9-7-8-17(2)18(22)3/h7-16,26,31H,6H2,1-5H3/b27-25+. The van der Waals surface area contributed by atoms with Gasteiger partial charge < -0.3 is 19.3 Å². The second-order valence-electron chi connectivity index (χ2n) is 8.46. The summed E-state index contributed by atoms with van der Waals surface area (Å²) < 4.78 is 16.4. The molecule has 36 heavy (non-hydrogen) atoms. The van der Waals surface area contributed by atoms with Crippen molar-refractivity contribution in [1.29, 1.82) is 0 Å². The van der Waals surface area contributed by atoms with Crippen LogP contribution in [0.5, 0.6) is 17.2 Å². The van der Waals surface area contributed by atoms with Gasteiger partial charge in [-0.3, -0.25) is 14.5 Å². The van der Waals surface area contributed by atoms with Crippen molar-refractivity contribution in [1.82, 2.24) is 0 Å². The fraction of sp³-hybridized carbons (Fsp3) is 0.241. The van der Waals surface area contributed by atoms with Gasteiger partial charge in [0.25, 0.3) is 11.7 Å². The Morgan fingerprint density at radius 2 is 1.67 bits per heavy atom. The molecule has 1 aliphatic heterocycles. The number of rotatable bonds is 7. The molecular formula is C29H29NO6. The summed E-state index contributed by atoms with van der Waals surface area (Å²) in [6.07, 6.45) is 0. The Balaban J connectivity index is 1.98. The summed E-state index contributed by atoms with van der Waals surface area (Å²) in [6.45, 7) is 6.12. The number of carbonyl (C=O) groups is 2. The first-order valence-corrected chi connectivity index (χ1v) is 11.6. The summed E-state index contributed by atoms with van der Waals surface area (Å²) in [7, 11) is 3.09. The van der Waals surface area contributed by atoms with Crippen molar-refractivity contribution < 1.29 is 28.9 Å². The first-order valence-electron chi connectivity index (χ1n) is 11.6. The normalized spacial score (nSPS) is 16.8. The van der Waals surface area contributed by atoms with E-state index in [1.165, 1.54) is 4.90 Å². The van der Waals surface area contributed by atoms with Crippen molar-refractivity contribution in [2.45, 2.75) is 26.8 Å². The highest BCUT2D eigenvalue weighted by Crippen LogP contribution is 2.45. The van der Waals surface area contributed by atoms with Gasteiger partial charge >= 0.3 is 0 Å². The van der Waals surface area contributed by atoms with Crippen molar-refractivity contribution in [3.8, 4) is 17.2 Å². The number of ketones is 1. The molecule has 0 radical (unpaired) electrons. The molecule has 3 aromatic carbocycles. The minimum absolute atomic E-state index is 0.00121. The number of hydrogen-bond acceptors (Lipinski definition) is 6. The topological polar surface area (TPSA) is 85.3 Å². The summed E-state index contributed by atoms with van der Waals surface area (Å²) in [4.78, 5) is 28.4. The molecule has 1 aliphatic rings. The summed E-state index contributed by atoms with van der Waals surface area (Å²) in [6, 6.07) is 16.6. The lowest BCUT2D eigenvalue weighted by Crippen LogP contribution is -2.30. The third-order valence-electron chi connectivity index (χ3n) is 6.45. The van der Waals surface area contributed by atoms with E-state index in [4.69, 9.17) is 14.2 Å². The molecule has 1 atom stereocenters. The molecule has 1 saturated heterocycles. The summed E-state index contributed by atoms with van der Waals surface area (Å²) >= 11 is 0. The van der Waals surface area contributed by atoms with E-state index in [9.17, 15) is 14.7 Å². The first kappa shape index (κ1) is 24.9. The number of aliphatic hydroxyl groups is 1. The SMILES string of the molecule is CCOc1cc(C2/C(=C(\O)c3ccc(OC)cc3)C(=O)C(=O)N2c2cccc(C)c2C)ccc1OC. The summed E-state index contributed by atoms with van der Waals surface area (Å²) in [5, 5.41) is 11.3. The first-order chi connectivity index (χ1) is 17.3. The van der Waals surface area contributed by atoms with Crippen LogP contribution in [0.3, 0.4) is 0 Å². The predicted octanol–water partition coefficient (Wildman–Crippen LogP) is 5.35. The van der Waals surface area contributed by atoms with Crippen LogP contribution in [0.4, 0.5) is 5.69 Å². The average molecular weight is 488 g/mol. The van der Waals surface area contributed by atoms with Crippen LogP contribution in [-0.4, -0.2) is 37.6 Å². The minimum Gasteiger partial charge on any atom is -0.507 e. The van der Waals surface area contributed by atoms with Crippen molar-refractivity contribution in [3.05, 3.63) is 88.5 Å². The molecule has 1 unspecified atom stereocenters. The summed E-state index contributed by atoms with van der Waals surface area (Å²) in [5.74, 6) is -0.119. The van der Waals surface area contributed by atoms with Crippen molar-refractivity contribution >= 4 is 23.1 Å². The number of anilines is 1. The van der Waals surface area contributed by atoms with E-state index in [1.54, 1.807) is 62.8 Å². The molecule has 186 valence electrons. The van der Waals surface area contributed by atoms with Crippen LogP contribution in [0.15, 0.2) is 66.2 Å². The largest absolute Gasteiger partial charge is 0.507 e. The number of benzene rings is 3. The van der Waals surface area contributed by atoms with Crippen LogP contribution in [0, 0.1) is 13.8 Å². The van der Waals surface area contributed by atoms with Gasteiger partial charge in [-0.25, -0.2) is 0 Å². The Hall–Kier alpha value is -4.26. The van der Waals surface area contributed by atoms with Crippen LogP contribution in [0.2, 0.25) is 0 Å². The van der Waals surface area contributed by atoms with Gasteiger partial charge in [-0.05, 0) is 79.9 Å². The Bertz CT molecular complexity index is 1340. The number of amides is 1. The molecule has 7 heteroatoms. The van der Waals surface area contributed by atoms with Crippen LogP contribution in [-0.2, 0) is 9.59 Å². The molecule has 0 spiro atoms. The molecular weight excluding hydrogens is 458 g/mol. The average Bonchev–Trinajstić information content (AvgIpc) is 3.15. The van der Waals surface area contributed by atoms with E-state index in [-0.39, 0.29) is 11.3 Å². The molecule has 4 rings (SSSR count). The fourth-order valence-electron chi connectivity index (χ4n) is 4.43. The van der Waals surface area contributed by atoms with Gasteiger partial charge in [-0.1, -0.05) is 18.2 Å². The zero-order chi connectivity index (χ0) is 26.0. The van der Waals surface area contributed by atoms with E-state index in [2.05, 4.69) is 0 Å². The number of aryl methyl sites for hydroxylation is 1. The maximum Gasteiger partial charge on any atom is 0.300 e. The van der Waals surface area contributed by atoms with Crippen molar-refractivity contribution in [3.63, 3.8) is 0 Å². The van der Waals surface area contributed by atoms with Crippen molar-refractivity contribution in [2.75, 3.05) is 25.7 Å². The lowest BCUT2D eigenvalue weighted by molar-refractivity contribution is -0.132. The van der Waals surface area contributed by atoms with Gasteiger partial charge in [0.1, 0.15) is 11.5 Å². The van der Waals surface area contributed by atoms with Gasteiger partial charge in [0, 0.05) is 11.3 Å². The smallest absolute Gasteiger partial charge is 0.300 e. The zero-order valence-corrected chi connectivity index (χ0v) is 21.0. The lowest BCUT2D eigenvalue weighted by atomic mass is 9.94. The van der Waals surface area contributed by atoms with Gasteiger partial charge in [-0.2, -0.15) is 0 Å².